The van der Waals surface area contributed by atoms with E-state index in [0.717, 1.165) is 11.4 Å². The first-order chi connectivity index (χ1) is 13.0. The van der Waals surface area contributed by atoms with Crippen molar-refractivity contribution in [2.24, 2.45) is 0 Å². The van der Waals surface area contributed by atoms with E-state index >= 15 is 0 Å². The SMILES string of the molecule is CCS(=O)(=O)N1CCN(c2ccc(NC(=O)Nc3ccccc3)cc2)CC1. The maximum Gasteiger partial charge on any atom is 0.323 e. The molecular formula is C19H24N4O3S. The van der Waals surface area contributed by atoms with E-state index in [0.29, 0.717) is 31.9 Å². The molecule has 0 spiro atoms. The highest BCUT2D eigenvalue weighted by atomic mass is 32.2. The minimum absolute atomic E-state index is 0.137. The number of nitrogens with zero attached hydrogens (tertiary/aromatic N) is 2. The van der Waals surface area contributed by atoms with Gasteiger partial charge in [-0.25, -0.2) is 13.2 Å². The molecule has 3 rings (SSSR count). The summed E-state index contributed by atoms with van der Waals surface area (Å²) in [7, 11) is -3.12. The van der Waals surface area contributed by atoms with Gasteiger partial charge in [0.1, 0.15) is 0 Å². The van der Waals surface area contributed by atoms with E-state index in [4.69, 9.17) is 0 Å². The average molecular weight is 388 g/mol. The van der Waals surface area contributed by atoms with Crippen molar-refractivity contribution in [3.63, 3.8) is 0 Å². The molecule has 1 aliphatic heterocycles. The molecule has 144 valence electrons. The Bertz CT molecular complexity index is 862. The third kappa shape index (κ3) is 4.99. The van der Waals surface area contributed by atoms with Gasteiger partial charge in [-0.05, 0) is 43.3 Å². The Labute approximate surface area is 160 Å². The first kappa shape index (κ1) is 19.2. The number of hydrogen-bond acceptors (Lipinski definition) is 4. The number of urea groups is 1. The van der Waals surface area contributed by atoms with Gasteiger partial charge in [-0.2, -0.15) is 4.31 Å². The van der Waals surface area contributed by atoms with Gasteiger partial charge in [-0.3, -0.25) is 0 Å². The summed E-state index contributed by atoms with van der Waals surface area (Å²) in [5.41, 5.74) is 2.43. The zero-order chi connectivity index (χ0) is 19.3. The van der Waals surface area contributed by atoms with Crippen molar-refractivity contribution >= 4 is 33.1 Å². The summed E-state index contributed by atoms with van der Waals surface area (Å²) in [6, 6.07) is 16.5. The van der Waals surface area contributed by atoms with Gasteiger partial charge in [0.2, 0.25) is 10.0 Å². The molecule has 27 heavy (non-hydrogen) atoms. The van der Waals surface area contributed by atoms with Crippen molar-refractivity contribution in [1.29, 1.82) is 0 Å². The van der Waals surface area contributed by atoms with E-state index in [1.807, 2.05) is 54.6 Å². The number of carbonyl (C=O) groups is 1. The van der Waals surface area contributed by atoms with Crippen molar-refractivity contribution < 1.29 is 13.2 Å². The van der Waals surface area contributed by atoms with Gasteiger partial charge >= 0.3 is 6.03 Å². The number of benzene rings is 2. The molecule has 2 aromatic carbocycles. The number of nitrogens with one attached hydrogen (secondary N) is 2. The summed E-state index contributed by atoms with van der Waals surface area (Å²) >= 11 is 0. The van der Waals surface area contributed by atoms with Crippen LogP contribution in [0.5, 0.6) is 0 Å². The standard InChI is InChI=1S/C19H24N4O3S/c1-2-27(25,26)23-14-12-22(13-15-23)18-10-8-17(9-11-18)21-19(24)20-16-6-4-3-5-7-16/h3-11H,2,12-15H2,1H3,(H2,20,21,24). The number of para-hydroxylation sites is 1. The van der Waals surface area contributed by atoms with E-state index in [1.54, 1.807) is 11.2 Å². The van der Waals surface area contributed by atoms with Crippen molar-refractivity contribution in [1.82, 2.24) is 4.31 Å². The highest BCUT2D eigenvalue weighted by Crippen LogP contribution is 2.20. The lowest BCUT2D eigenvalue weighted by Crippen LogP contribution is -2.49. The first-order valence-corrected chi connectivity index (χ1v) is 10.5. The predicted molar refractivity (Wildman–Crippen MR) is 109 cm³/mol. The smallest absolute Gasteiger partial charge is 0.323 e. The van der Waals surface area contributed by atoms with Crippen LogP contribution in [-0.4, -0.2) is 50.7 Å². The molecule has 7 nitrogen and oxygen atoms in total. The highest BCUT2D eigenvalue weighted by Gasteiger charge is 2.25. The third-order valence-corrected chi connectivity index (χ3v) is 6.40. The summed E-state index contributed by atoms with van der Waals surface area (Å²) < 4.78 is 25.4. The number of carbonyl (C=O) groups excluding carboxylic acids is 1. The van der Waals surface area contributed by atoms with E-state index in [2.05, 4.69) is 15.5 Å². The van der Waals surface area contributed by atoms with Crippen LogP contribution in [0.1, 0.15) is 6.92 Å². The van der Waals surface area contributed by atoms with Gasteiger partial charge in [-0.15, -0.1) is 0 Å². The van der Waals surface area contributed by atoms with Crippen LogP contribution in [0.2, 0.25) is 0 Å². The Hall–Kier alpha value is -2.58. The van der Waals surface area contributed by atoms with Crippen LogP contribution in [0, 0.1) is 0 Å². The maximum atomic E-state index is 12.0. The topological polar surface area (TPSA) is 81.8 Å². The summed E-state index contributed by atoms with van der Waals surface area (Å²) in [6.07, 6.45) is 0. The van der Waals surface area contributed by atoms with Crippen LogP contribution in [-0.2, 0) is 10.0 Å². The van der Waals surface area contributed by atoms with Crippen LogP contribution in [0.25, 0.3) is 0 Å². The molecule has 2 aromatic rings. The molecule has 0 aromatic heterocycles. The largest absolute Gasteiger partial charge is 0.369 e. The van der Waals surface area contributed by atoms with Crippen molar-refractivity contribution in [2.45, 2.75) is 6.92 Å². The van der Waals surface area contributed by atoms with E-state index in [9.17, 15) is 13.2 Å². The molecule has 2 N–H and O–H groups in total. The second-order valence-electron chi connectivity index (χ2n) is 6.28. The molecule has 1 heterocycles. The average Bonchev–Trinajstić information content (AvgIpc) is 2.69. The second-order valence-corrected chi connectivity index (χ2v) is 8.54. The minimum Gasteiger partial charge on any atom is -0.369 e. The number of amides is 2. The zero-order valence-corrected chi connectivity index (χ0v) is 16.1. The molecule has 8 heteroatoms. The van der Waals surface area contributed by atoms with Crippen LogP contribution in [0.15, 0.2) is 54.6 Å². The number of rotatable bonds is 5. The summed E-state index contributed by atoms with van der Waals surface area (Å²) in [5, 5.41) is 5.57. The van der Waals surface area contributed by atoms with Crippen molar-refractivity contribution in [3.8, 4) is 0 Å². The zero-order valence-electron chi connectivity index (χ0n) is 15.3. The molecule has 1 fully saturated rings. The van der Waals surface area contributed by atoms with Gasteiger partial charge in [0.25, 0.3) is 0 Å². The molecule has 0 unspecified atom stereocenters. The monoisotopic (exact) mass is 388 g/mol. The minimum atomic E-state index is -3.12. The molecule has 0 saturated carbocycles. The molecule has 2 amide bonds. The molecule has 1 saturated heterocycles. The van der Waals surface area contributed by atoms with Gasteiger partial charge < -0.3 is 15.5 Å². The van der Waals surface area contributed by atoms with Gasteiger partial charge in [0.05, 0.1) is 5.75 Å². The number of piperazine rings is 1. The predicted octanol–water partition coefficient (Wildman–Crippen LogP) is 2.80. The molecule has 0 bridgehead atoms. The Kier molecular flexibility index (Phi) is 5.98. The lowest BCUT2D eigenvalue weighted by atomic mass is 10.2. The maximum absolute atomic E-state index is 12.0. The number of anilines is 3. The molecule has 0 atom stereocenters. The summed E-state index contributed by atoms with van der Waals surface area (Å²) in [4.78, 5) is 14.2. The quantitative estimate of drug-likeness (QED) is 0.825. The molecular weight excluding hydrogens is 364 g/mol. The summed E-state index contributed by atoms with van der Waals surface area (Å²) in [6.45, 7) is 3.97. The van der Waals surface area contributed by atoms with Crippen LogP contribution < -0.4 is 15.5 Å². The van der Waals surface area contributed by atoms with E-state index < -0.39 is 10.0 Å². The van der Waals surface area contributed by atoms with E-state index in [1.165, 1.54) is 0 Å². The second kappa shape index (κ2) is 8.41. The lowest BCUT2D eigenvalue weighted by molar-refractivity contribution is 0.262. The van der Waals surface area contributed by atoms with Crippen molar-refractivity contribution in [3.05, 3.63) is 54.6 Å². The fraction of sp³-hybridized carbons (Fsp3) is 0.316. The number of sulfonamides is 1. The van der Waals surface area contributed by atoms with E-state index in [-0.39, 0.29) is 11.8 Å². The van der Waals surface area contributed by atoms with Crippen LogP contribution >= 0.6 is 0 Å². The van der Waals surface area contributed by atoms with Gasteiger partial charge in [-0.1, -0.05) is 18.2 Å². The Morgan fingerprint density at radius 3 is 2.00 bits per heavy atom. The Morgan fingerprint density at radius 2 is 1.44 bits per heavy atom. The van der Waals surface area contributed by atoms with Crippen LogP contribution in [0.4, 0.5) is 21.9 Å². The fourth-order valence-electron chi connectivity index (χ4n) is 2.98. The first-order valence-electron chi connectivity index (χ1n) is 8.94. The normalized spacial score (nSPS) is 15.4. The molecule has 0 aliphatic carbocycles. The van der Waals surface area contributed by atoms with Gasteiger partial charge in [0, 0.05) is 43.2 Å². The number of hydrogen-bond donors (Lipinski definition) is 2. The molecule has 0 radical (unpaired) electrons. The highest BCUT2D eigenvalue weighted by molar-refractivity contribution is 7.89. The Balaban J connectivity index is 1.54. The Morgan fingerprint density at radius 1 is 0.889 bits per heavy atom. The molecule has 1 aliphatic rings. The van der Waals surface area contributed by atoms with Gasteiger partial charge in [0.15, 0.2) is 0 Å². The summed E-state index contributed by atoms with van der Waals surface area (Å²) in [5.74, 6) is 0.137. The van der Waals surface area contributed by atoms with Crippen LogP contribution in [0.3, 0.4) is 0 Å². The third-order valence-electron chi connectivity index (χ3n) is 4.52. The fourth-order valence-corrected chi connectivity index (χ4v) is 4.06. The van der Waals surface area contributed by atoms with Crippen molar-refractivity contribution in [2.75, 3.05) is 47.5 Å². The lowest BCUT2D eigenvalue weighted by Gasteiger charge is -2.35.